The number of piperidine rings is 3. The zero-order valence-electron chi connectivity index (χ0n) is 12.3. The maximum atomic E-state index is 12.9. The lowest BCUT2D eigenvalue weighted by Gasteiger charge is -2.44. The Labute approximate surface area is 128 Å². The molecule has 0 spiro atoms. The molecule has 1 aromatic carbocycles. The molecule has 3 saturated heterocycles. The van der Waals surface area contributed by atoms with Gasteiger partial charge in [0.15, 0.2) is 0 Å². The van der Waals surface area contributed by atoms with E-state index in [1.165, 1.54) is 38.1 Å². The van der Waals surface area contributed by atoms with Crippen LogP contribution in [-0.2, 0) is 0 Å². The highest BCUT2D eigenvalue weighted by Gasteiger charge is 2.35. The highest BCUT2D eigenvalue weighted by atomic mass is 19.1. The van der Waals surface area contributed by atoms with Crippen LogP contribution in [0.2, 0.25) is 0 Å². The maximum Gasteiger partial charge on any atom is 0.233 e. The molecule has 0 saturated carbocycles. The lowest BCUT2D eigenvalue weighted by Crippen LogP contribution is -2.52. The SMILES string of the molecule is Fc1ccc(-c2ccc(OC3CN4CCC3CC4)nn2)cc1. The van der Waals surface area contributed by atoms with Gasteiger partial charge < -0.3 is 4.74 Å². The molecule has 5 rings (SSSR count). The van der Waals surface area contributed by atoms with Crippen LogP contribution < -0.4 is 4.74 Å². The van der Waals surface area contributed by atoms with Gasteiger partial charge in [0, 0.05) is 18.2 Å². The minimum Gasteiger partial charge on any atom is -0.472 e. The molecule has 114 valence electrons. The monoisotopic (exact) mass is 299 g/mol. The minimum absolute atomic E-state index is 0.230. The Bertz CT molecular complexity index is 636. The number of benzene rings is 1. The third-order valence-electron chi connectivity index (χ3n) is 4.65. The van der Waals surface area contributed by atoms with E-state index in [0.717, 1.165) is 17.8 Å². The molecule has 0 radical (unpaired) electrons. The molecule has 1 atom stereocenters. The van der Waals surface area contributed by atoms with Gasteiger partial charge in [-0.3, -0.25) is 4.90 Å². The van der Waals surface area contributed by atoms with Crippen LogP contribution >= 0.6 is 0 Å². The molecule has 1 unspecified atom stereocenters. The summed E-state index contributed by atoms with van der Waals surface area (Å²) in [4.78, 5) is 2.45. The van der Waals surface area contributed by atoms with Gasteiger partial charge in [0.05, 0.1) is 5.69 Å². The molecule has 0 N–H and O–H groups in total. The summed E-state index contributed by atoms with van der Waals surface area (Å²) in [6.07, 6.45) is 2.66. The van der Waals surface area contributed by atoms with Gasteiger partial charge in [-0.15, -0.1) is 10.2 Å². The van der Waals surface area contributed by atoms with Crippen molar-refractivity contribution in [3.05, 3.63) is 42.2 Å². The Kier molecular flexibility index (Phi) is 3.50. The Morgan fingerprint density at radius 3 is 2.36 bits per heavy atom. The Morgan fingerprint density at radius 2 is 1.77 bits per heavy atom. The third kappa shape index (κ3) is 2.68. The van der Waals surface area contributed by atoms with Crippen molar-refractivity contribution in [2.75, 3.05) is 19.6 Å². The zero-order valence-corrected chi connectivity index (χ0v) is 12.3. The molecular weight excluding hydrogens is 281 g/mol. The van der Waals surface area contributed by atoms with Crippen molar-refractivity contribution in [3.63, 3.8) is 0 Å². The fourth-order valence-corrected chi connectivity index (χ4v) is 3.36. The first kappa shape index (κ1) is 13.6. The van der Waals surface area contributed by atoms with Gasteiger partial charge >= 0.3 is 0 Å². The smallest absolute Gasteiger partial charge is 0.233 e. The summed E-state index contributed by atoms with van der Waals surface area (Å²) in [5.74, 6) is 0.965. The molecule has 2 aromatic rings. The summed E-state index contributed by atoms with van der Waals surface area (Å²) in [6.45, 7) is 3.38. The van der Waals surface area contributed by atoms with Gasteiger partial charge in [-0.2, -0.15) is 0 Å². The second-order valence-corrected chi connectivity index (χ2v) is 6.06. The molecule has 0 amide bonds. The van der Waals surface area contributed by atoms with Crippen LogP contribution in [0.3, 0.4) is 0 Å². The Balaban J connectivity index is 1.46. The van der Waals surface area contributed by atoms with Gasteiger partial charge in [0.25, 0.3) is 0 Å². The van der Waals surface area contributed by atoms with E-state index in [0.29, 0.717) is 11.8 Å². The first-order chi connectivity index (χ1) is 10.8. The van der Waals surface area contributed by atoms with E-state index in [1.54, 1.807) is 12.1 Å². The number of hydrogen-bond acceptors (Lipinski definition) is 4. The highest BCUT2D eigenvalue weighted by molar-refractivity contribution is 5.58. The lowest BCUT2D eigenvalue weighted by molar-refractivity contribution is -0.0103. The average Bonchev–Trinajstić information content (AvgIpc) is 2.58. The van der Waals surface area contributed by atoms with Crippen molar-refractivity contribution in [2.24, 2.45) is 5.92 Å². The molecule has 4 nitrogen and oxygen atoms in total. The first-order valence-corrected chi connectivity index (χ1v) is 7.76. The molecular formula is C17H18FN3O. The number of aromatic nitrogens is 2. The summed E-state index contributed by atoms with van der Waals surface area (Å²) >= 11 is 0. The van der Waals surface area contributed by atoms with Gasteiger partial charge in [-0.25, -0.2) is 4.39 Å². The van der Waals surface area contributed by atoms with Gasteiger partial charge in [0.1, 0.15) is 11.9 Å². The predicted octanol–water partition coefficient (Wildman–Crippen LogP) is 2.76. The summed E-state index contributed by atoms with van der Waals surface area (Å²) in [7, 11) is 0. The van der Waals surface area contributed by atoms with Crippen LogP contribution in [0.15, 0.2) is 36.4 Å². The molecule has 0 aliphatic carbocycles. The summed E-state index contributed by atoms with van der Waals surface area (Å²) in [5.41, 5.74) is 1.57. The van der Waals surface area contributed by atoms with Gasteiger partial charge in [0.2, 0.25) is 5.88 Å². The number of hydrogen-bond donors (Lipinski definition) is 0. The van der Waals surface area contributed by atoms with E-state index >= 15 is 0 Å². The maximum absolute atomic E-state index is 12.9. The molecule has 22 heavy (non-hydrogen) atoms. The normalized spacial score (nSPS) is 26.9. The zero-order chi connectivity index (χ0) is 14.9. The van der Waals surface area contributed by atoms with Crippen molar-refractivity contribution in [1.29, 1.82) is 0 Å². The fourth-order valence-electron chi connectivity index (χ4n) is 3.36. The Hall–Kier alpha value is -2.01. The molecule has 3 aliphatic rings. The summed E-state index contributed by atoms with van der Waals surface area (Å²) in [6, 6.07) is 9.98. The van der Waals surface area contributed by atoms with E-state index < -0.39 is 0 Å². The molecule has 4 heterocycles. The number of fused-ring (bicyclic) bond motifs is 3. The molecule has 3 fully saturated rings. The largest absolute Gasteiger partial charge is 0.472 e. The molecule has 3 aliphatic heterocycles. The van der Waals surface area contributed by atoms with Crippen molar-refractivity contribution >= 4 is 0 Å². The van der Waals surface area contributed by atoms with Crippen LogP contribution in [0.1, 0.15) is 12.8 Å². The fraction of sp³-hybridized carbons (Fsp3) is 0.412. The van der Waals surface area contributed by atoms with Crippen molar-refractivity contribution in [3.8, 4) is 17.1 Å². The van der Waals surface area contributed by atoms with Crippen LogP contribution in [0, 0.1) is 11.7 Å². The standard InChI is InChI=1S/C17H18FN3O/c18-14-3-1-12(2-4-14)15-5-6-17(20-19-15)22-16-11-21-9-7-13(16)8-10-21/h1-6,13,16H,7-11H2. The predicted molar refractivity (Wildman–Crippen MR) is 81.0 cm³/mol. The second-order valence-electron chi connectivity index (χ2n) is 6.06. The first-order valence-electron chi connectivity index (χ1n) is 7.76. The van der Waals surface area contributed by atoms with E-state index in [9.17, 15) is 4.39 Å². The van der Waals surface area contributed by atoms with Gasteiger partial charge in [-0.05, 0) is 62.2 Å². The van der Waals surface area contributed by atoms with Crippen molar-refractivity contribution in [1.82, 2.24) is 15.1 Å². The van der Waals surface area contributed by atoms with E-state index in [-0.39, 0.29) is 11.9 Å². The van der Waals surface area contributed by atoms with Gasteiger partial charge in [-0.1, -0.05) is 0 Å². The van der Waals surface area contributed by atoms with Crippen molar-refractivity contribution < 1.29 is 9.13 Å². The topological polar surface area (TPSA) is 38.2 Å². The van der Waals surface area contributed by atoms with E-state index in [1.807, 2.05) is 12.1 Å². The second kappa shape index (κ2) is 5.65. The van der Waals surface area contributed by atoms with Crippen LogP contribution in [0.4, 0.5) is 4.39 Å². The van der Waals surface area contributed by atoms with Crippen LogP contribution in [-0.4, -0.2) is 40.8 Å². The lowest BCUT2D eigenvalue weighted by atomic mass is 9.86. The number of nitrogens with zero attached hydrogens (tertiary/aromatic N) is 3. The number of ether oxygens (including phenoxy) is 1. The molecule has 1 aromatic heterocycles. The molecule has 5 heteroatoms. The summed E-state index contributed by atoms with van der Waals surface area (Å²) < 4.78 is 19.0. The average molecular weight is 299 g/mol. The number of rotatable bonds is 3. The highest BCUT2D eigenvalue weighted by Crippen LogP contribution is 2.30. The van der Waals surface area contributed by atoms with Crippen LogP contribution in [0.25, 0.3) is 11.3 Å². The van der Waals surface area contributed by atoms with Crippen molar-refractivity contribution in [2.45, 2.75) is 18.9 Å². The minimum atomic E-state index is -0.251. The quantitative estimate of drug-likeness (QED) is 0.873. The van der Waals surface area contributed by atoms with Crippen LogP contribution in [0.5, 0.6) is 5.88 Å². The van der Waals surface area contributed by atoms with E-state index in [4.69, 9.17) is 4.74 Å². The number of halogens is 1. The Morgan fingerprint density at radius 1 is 1.00 bits per heavy atom. The summed E-state index contributed by atoms with van der Waals surface area (Å²) in [5, 5.41) is 8.37. The third-order valence-corrected chi connectivity index (χ3v) is 4.65. The molecule has 2 bridgehead atoms. The van der Waals surface area contributed by atoms with E-state index in [2.05, 4.69) is 15.1 Å².